The first-order chi connectivity index (χ1) is 15.3. The molecule has 2 heterocycles. The largest absolute Gasteiger partial charge is 0.348 e. The summed E-state index contributed by atoms with van der Waals surface area (Å²) in [4.78, 5) is 29.8. The number of carbonyl (C=O) groups is 2. The number of fused-ring (bicyclic) bond motifs is 1. The van der Waals surface area contributed by atoms with Crippen molar-refractivity contribution in [1.29, 1.82) is 0 Å². The number of nitrogens with zero attached hydrogens (tertiary/aromatic N) is 2. The average Bonchev–Trinajstić information content (AvgIpc) is 2.81. The molecule has 0 saturated carbocycles. The van der Waals surface area contributed by atoms with E-state index in [1.54, 1.807) is 37.6 Å². The third-order valence-corrected chi connectivity index (χ3v) is 6.58. The molecule has 162 valence electrons. The number of halogens is 2. The van der Waals surface area contributed by atoms with Crippen molar-refractivity contribution in [3.05, 3.63) is 98.9 Å². The summed E-state index contributed by atoms with van der Waals surface area (Å²) in [6, 6.07) is 12.2. The van der Waals surface area contributed by atoms with Gasteiger partial charge < -0.3 is 5.32 Å². The predicted molar refractivity (Wildman–Crippen MR) is 122 cm³/mol. The van der Waals surface area contributed by atoms with Crippen LogP contribution in [-0.2, 0) is 17.5 Å². The number of amides is 1. The summed E-state index contributed by atoms with van der Waals surface area (Å²) in [5, 5.41) is 2.69. The van der Waals surface area contributed by atoms with Gasteiger partial charge in [-0.1, -0.05) is 23.7 Å². The number of allylic oxidation sites excluding steroid dienone is 1. The van der Waals surface area contributed by atoms with Crippen LogP contribution in [0.4, 0.5) is 10.1 Å². The minimum atomic E-state index is -1.77. The zero-order chi connectivity index (χ0) is 22.8. The van der Waals surface area contributed by atoms with E-state index in [0.717, 1.165) is 5.56 Å². The van der Waals surface area contributed by atoms with Gasteiger partial charge in [-0.2, -0.15) is 0 Å². The molecule has 1 amide bonds. The Morgan fingerprint density at radius 2 is 2.06 bits per heavy atom. The molecule has 0 radical (unpaired) electrons. The maximum Gasteiger partial charge on any atom is 0.251 e. The minimum absolute atomic E-state index is 0.00981. The van der Waals surface area contributed by atoms with Gasteiger partial charge in [0.2, 0.25) is 5.78 Å². The highest BCUT2D eigenvalue weighted by atomic mass is 35.5. The van der Waals surface area contributed by atoms with Crippen molar-refractivity contribution < 1.29 is 18.2 Å². The van der Waals surface area contributed by atoms with Crippen LogP contribution < -0.4 is 9.62 Å². The number of hydrogen-bond acceptors (Lipinski definition) is 4. The summed E-state index contributed by atoms with van der Waals surface area (Å²) < 4.78 is 27.8. The molecule has 9 heteroatoms. The Morgan fingerprint density at radius 1 is 1.25 bits per heavy atom. The quantitative estimate of drug-likeness (QED) is 0.582. The summed E-state index contributed by atoms with van der Waals surface area (Å²) in [6.07, 6.45) is 4.71. The van der Waals surface area contributed by atoms with E-state index in [-0.39, 0.29) is 27.9 Å². The fourth-order valence-corrected chi connectivity index (χ4v) is 4.57. The van der Waals surface area contributed by atoms with Gasteiger partial charge in [0.15, 0.2) is 11.0 Å². The number of ketones is 1. The summed E-state index contributed by atoms with van der Waals surface area (Å²) in [5.74, 6) is -1.41. The number of Topliss-reactive ketones (excluding diaryl/α,β-unsaturated/α-hetero) is 1. The Kier molecular flexibility index (Phi) is 6.16. The van der Waals surface area contributed by atoms with Gasteiger partial charge in [0.25, 0.3) is 5.91 Å². The topological polar surface area (TPSA) is 79.4 Å². The van der Waals surface area contributed by atoms with Crippen molar-refractivity contribution >= 4 is 46.0 Å². The van der Waals surface area contributed by atoms with Gasteiger partial charge in [0, 0.05) is 37.1 Å². The van der Waals surface area contributed by atoms with Crippen molar-refractivity contribution in [2.24, 2.45) is 0 Å². The third kappa shape index (κ3) is 4.32. The molecular weight excluding hydrogens is 453 g/mol. The monoisotopic (exact) mass is 469 g/mol. The fraction of sp³-hybridized carbons (Fsp3) is 0.0870. The lowest BCUT2D eigenvalue weighted by Crippen LogP contribution is -2.32. The van der Waals surface area contributed by atoms with E-state index in [1.165, 1.54) is 34.6 Å². The number of nitrogens with one attached hydrogen (secondary N) is 1. The lowest BCUT2D eigenvalue weighted by molar-refractivity contribution is 0.0951. The Hall–Kier alpha value is -3.36. The first-order valence-corrected chi connectivity index (χ1v) is 11.0. The van der Waals surface area contributed by atoms with E-state index < -0.39 is 22.6 Å². The molecule has 0 bridgehead atoms. The molecule has 0 spiro atoms. The Bertz CT molecular complexity index is 1280. The van der Waals surface area contributed by atoms with E-state index in [4.69, 9.17) is 11.6 Å². The van der Waals surface area contributed by atoms with Gasteiger partial charge in [0.05, 0.1) is 10.7 Å². The molecule has 1 aliphatic heterocycles. The maximum atomic E-state index is 13.5. The van der Waals surface area contributed by atoms with Gasteiger partial charge in [-0.25, -0.2) is 8.60 Å². The van der Waals surface area contributed by atoms with Gasteiger partial charge in [0.1, 0.15) is 10.7 Å². The molecule has 4 rings (SSSR count). The number of hydrogen-bond donors (Lipinski definition) is 1. The molecule has 0 fully saturated rings. The van der Waals surface area contributed by atoms with Crippen molar-refractivity contribution in [2.45, 2.75) is 6.54 Å². The summed E-state index contributed by atoms with van der Waals surface area (Å²) in [6.45, 7) is 0.290. The normalized spacial score (nSPS) is 16.7. The summed E-state index contributed by atoms with van der Waals surface area (Å²) in [7, 11) is -0.179. The summed E-state index contributed by atoms with van der Waals surface area (Å²) in [5.41, 5.74) is 2.28. The Balaban J connectivity index is 1.64. The smallest absolute Gasteiger partial charge is 0.251 e. The van der Waals surface area contributed by atoms with Gasteiger partial charge in [-0.05, 0) is 53.6 Å². The average molecular weight is 470 g/mol. The van der Waals surface area contributed by atoms with Crippen LogP contribution in [0.3, 0.4) is 0 Å². The van der Waals surface area contributed by atoms with E-state index in [0.29, 0.717) is 16.8 Å². The van der Waals surface area contributed by atoms with E-state index >= 15 is 0 Å². The molecule has 1 unspecified atom stereocenters. The molecular formula is C23H17ClFN3O3S. The third-order valence-electron chi connectivity index (χ3n) is 4.92. The van der Waals surface area contributed by atoms with Gasteiger partial charge in [-0.3, -0.25) is 18.9 Å². The first-order valence-electron chi connectivity index (χ1n) is 9.53. The number of rotatable bonds is 4. The zero-order valence-corrected chi connectivity index (χ0v) is 18.4. The lowest BCUT2D eigenvalue weighted by atomic mass is 10.0. The van der Waals surface area contributed by atoms with Crippen LogP contribution in [0.5, 0.6) is 0 Å². The highest BCUT2D eigenvalue weighted by Gasteiger charge is 2.32. The molecule has 1 aliphatic rings. The van der Waals surface area contributed by atoms with Crippen LogP contribution in [-0.4, -0.2) is 27.9 Å². The lowest BCUT2D eigenvalue weighted by Gasteiger charge is -2.27. The molecule has 1 atom stereocenters. The molecule has 2 aromatic carbocycles. The number of pyridine rings is 1. The summed E-state index contributed by atoms with van der Waals surface area (Å²) >= 11 is 5.82. The molecule has 1 aromatic heterocycles. The van der Waals surface area contributed by atoms with E-state index in [9.17, 15) is 18.2 Å². The van der Waals surface area contributed by atoms with Crippen molar-refractivity contribution in [3.8, 4) is 0 Å². The Morgan fingerprint density at radius 3 is 2.78 bits per heavy atom. The maximum absolute atomic E-state index is 13.5. The van der Waals surface area contributed by atoms with Crippen LogP contribution in [0.15, 0.2) is 65.8 Å². The van der Waals surface area contributed by atoms with Crippen molar-refractivity contribution in [3.63, 3.8) is 0 Å². The second-order valence-electron chi connectivity index (χ2n) is 7.03. The zero-order valence-electron chi connectivity index (χ0n) is 16.8. The predicted octanol–water partition coefficient (Wildman–Crippen LogP) is 4.14. The second-order valence-corrected chi connectivity index (χ2v) is 8.93. The van der Waals surface area contributed by atoms with E-state index in [2.05, 4.69) is 10.3 Å². The highest BCUT2D eigenvalue weighted by Crippen LogP contribution is 2.33. The first kappa shape index (κ1) is 21.9. The van der Waals surface area contributed by atoms with Crippen LogP contribution in [0, 0.1) is 5.82 Å². The minimum Gasteiger partial charge on any atom is -0.348 e. The van der Waals surface area contributed by atoms with Gasteiger partial charge >= 0.3 is 0 Å². The standard InChI is InChI=1S/C23H17ClFN3O3S/c1-28-20-7-5-16(23(30)27-13-15-3-2-8-26-12-15)11-17(20)22(29)21(32(28)31)10-14-4-6-19(25)18(24)9-14/h2-12H,13H2,1H3,(H,27,30)/b21-10+. The molecule has 6 nitrogen and oxygen atoms in total. The number of benzene rings is 2. The number of anilines is 1. The molecule has 3 aromatic rings. The van der Waals surface area contributed by atoms with Crippen LogP contribution in [0.1, 0.15) is 31.8 Å². The van der Waals surface area contributed by atoms with Crippen molar-refractivity contribution in [1.82, 2.24) is 10.3 Å². The fourth-order valence-electron chi connectivity index (χ4n) is 3.24. The van der Waals surface area contributed by atoms with Gasteiger partial charge in [-0.15, -0.1) is 0 Å². The number of aromatic nitrogens is 1. The number of carbonyl (C=O) groups excluding carboxylic acids is 2. The van der Waals surface area contributed by atoms with Crippen LogP contribution in [0.2, 0.25) is 5.02 Å². The highest BCUT2D eigenvalue weighted by molar-refractivity contribution is 7.91. The van der Waals surface area contributed by atoms with Crippen LogP contribution >= 0.6 is 11.6 Å². The van der Waals surface area contributed by atoms with Crippen molar-refractivity contribution in [2.75, 3.05) is 11.4 Å². The van der Waals surface area contributed by atoms with Crippen LogP contribution in [0.25, 0.3) is 6.08 Å². The molecule has 32 heavy (non-hydrogen) atoms. The van der Waals surface area contributed by atoms with E-state index in [1.807, 2.05) is 6.07 Å². The second kappa shape index (κ2) is 9.02. The molecule has 0 aliphatic carbocycles. The SMILES string of the molecule is CN1c2ccc(C(=O)NCc3cccnc3)cc2C(=O)/C(=C\c2ccc(F)c(Cl)c2)S1=O. The molecule has 1 N–H and O–H groups in total. The molecule has 0 saturated heterocycles. The Labute approximate surface area is 191 Å².